The standard InChI is InChI=1S/C12H17NO/c1-3-4-9-13(2)12-7-5-11(10-14)6-8-12/h5-8,10H,3-4,9H2,1-2H3. The first kappa shape index (κ1) is 10.8. The van der Waals surface area contributed by atoms with Gasteiger partial charge in [-0.3, -0.25) is 4.79 Å². The Labute approximate surface area is 85.5 Å². The molecule has 0 saturated carbocycles. The fraction of sp³-hybridized carbons (Fsp3) is 0.417. The van der Waals surface area contributed by atoms with Crippen LogP contribution in [0.15, 0.2) is 24.3 Å². The first-order valence-electron chi connectivity index (χ1n) is 5.04. The van der Waals surface area contributed by atoms with Crippen molar-refractivity contribution < 1.29 is 4.79 Å². The van der Waals surface area contributed by atoms with Crippen LogP contribution in [0.1, 0.15) is 30.1 Å². The smallest absolute Gasteiger partial charge is 0.150 e. The zero-order chi connectivity index (χ0) is 10.4. The van der Waals surface area contributed by atoms with E-state index in [9.17, 15) is 4.79 Å². The second-order valence-electron chi connectivity index (χ2n) is 3.48. The van der Waals surface area contributed by atoms with Crippen molar-refractivity contribution in [3.63, 3.8) is 0 Å². The number of hydrogen-bond acceptors (Lipinski definition) is 2. The zero-order valence-electron chi connectivity index (χ0n) is 8.86. The summed E-state index contributed by atoms with van der Waals surface area (Å²) in [5, 5.41) is 0. The third-order valence-electron chi connectivity index (χ3n) is 2.32. The molecule has 0 unspecified atom stereocenters. The first-order valence-corrected chi connectivity index (χ1v) is 5.04. The summed E-state index contributed by atoms with van der Waals surface area (Å²) in [6, 6.07) is 7.67. The van der Waals surface area contributed by atoms with E-state index in [2.05, 4.69) is 18.9 Å². The van der Waals surface area contributed by atoms with Crippen LogP contribution in [0.5, 0.6) is 0 Å². The van der Waals surface area contributed by atoms with Crippen LogP contribution >= 0.6 is 0 Å². The minimum Gasteiger partial charge on any atom is -0.375 e. The molecule has 0 atom stereocenters. The molecular weight excluding hydrogens is 174 g/mol. The molecule has 76 valence electrons. The monoisotopic (exact) mass is 191 g/mol. The summed E-state index contributed by atoms with van der Waals surface area (Å²) in [4.78, 5) is 12.7. The van der Waals surface area contributed by atoms with E-state index in [4.69, 9.17) is 0 Å². The van der Waals surface area contributed by atoms with Crippen molar-refractivity contribution in [1.82, 2.24) is 0 Å². The highest BCUT2D eigenvalue weighted by molar-refractivity contribution is 5.75. The van der Waals surface area contributed by atoms with Crippen LogP contribution in [0.3, 0.4) is 0 Å². The highest BCUT2D eigenvalue weighted by Crippen LogP contribution is 2.13. The number of rotatable bonds is 5. The molecule has 1 aromatic carbocycles. The van der Waals surface area contributed by atoms with Gasteiger partial charge in [0.25, 0.3) is 0 Å². The number of carbonyl (C=O) groups is 1. The van der Waals surface area contributed by atoms with Crippen molar-refractivity contribution >= 4 is 12.0 Å². The van der Waals surface area contributed by atoms with Gasteiger partial charge in [-0.15, -0.1) is 0 Å². The number of nitrogens with zero attached hydrogens (tertiary/aromatic N) is 1. The van der Waals surface area contributed by atoms with Crippen LogP contribution in [0.2, 0.25) is 0 Å². The van der Waals surface area contributed by atoms with Crippen LogP contribution < -0.4 is 4.90 Å². The lowest BCUT2D eigenvalue weighted by atomic mass is 10.2. The Bertz CT molecular complexity index is 279. The van der Waals surface area contributed by atoms with Gasteiger partial charge in [0.15, 0.2) is 0 Å². The third kappa shape index (κ3) is 2.87. The van der Waals surface area contributed by atoms with Gasteiger partial charge in [0.05, 0.1) is 0 Å². The zero-order valence-corrected chi connectivity index (χ0v) is 8.86. The number of benzene rings is 1. The summed E-state index contributed by atoms with van der Waals surface area (Å²) in [5.74, 6) is 0. The largest absolute Gasteiger partial charge is 0.375 e. The average molecular weight is 191 g/mol. The molecule has 2 heteroatoms. The van der Waals surface area contributed by atoms with Crippen molar-refractivity contribution in [3.8, 4) is 0 Å². The Hall–Kier alpha value is -1.31. The van der Waals surface area contributed by atoms with E-state index in [1.165, 1.54) is 18.5 Å². The maximum Gasteiger partial charge on any atom is 0.150 e. The number of hydrogen-bond donors (Lipinski definition) is 0. The molecule has 0 saturated heterocycles. The molecule has 14 heavy (non-hydrogen) atoms. The number of anilines is 1. The Kier molecular flexibility index (Phi) is 4.17. The number of aldehydes is 1. The molecule has 0 aromatic heterocycles. The lowest BCUT2D eigenvalue weighted by Crippen LogP contribution is -2.17. The van der Waals surface area contributed by atoms with Gasteiger partial charge in [0.1, 0.15) is 6.29 Å². The summed E-state index contributed by atoms with van der Waals surface area (Å²) in [5.41, 5.74) is 1.90. The summed E-state index contributed by atoms with van der Waals surface area (Å²) >= 11 is 0. The van der Waals surface area contributed by atoms with Crippen LogP contribution in [-0.2, 0) is 0 Å². The molecule has 0 heterocycles. The van der Waals surface area contributed by atoms with Gasteiger partial charge in [-0.05, 0) is 30.7 Å². The molecule has 1 rings (SSSR count). The predicted octanol–water partition coefficient (Wildman–Crippen LogP) is 2.74. The first-order chi connectivity index (χ1) is 6.77. The molecule has 0 aliphatic carbocycles. The maximum absolute atomic E-state index is 10.4. The van der Waals surface area contributed by atoms with Gasteiger partial charge in [-0.2, -0.15) is 0 Å². The van der Waals surface area contributed by atoms with E-state index in [-0.39, 0.29) is 0 Å². The Morgan fingerprint density at radius 3 is 2.43 bits per heavy atom. The fourth-order valence-electron chi connectivity index (χ4n) is 1.33. The van der Waals surface area contributed by atoms with Crippen molar-refractivity contribution in [2.24, 2.45) is 0 Å². The van der Waals surface area contributed by atoms with Crippen molar-refractivity contribution in [2.45, 2.75) is 19.8 Å². The molecule has 0 amide bonds. The molecule has 1 aromatic rings. The van der Waals surface area contributed by atoms with Crippen molar-refractivity contribution in [3.05, 3.63) is 29.8 Å². The molecule has 0 fully saturated rings. The van der Waals surface area contributed by atoms with E-state index >= 15 is 0 Å². The summed E-state index contributed by atoms with van der Waals surface area (Å²) in [6.45, 7) is 3.25. The quantitative estimate of drug-likeness (QED) is 0.667. The number of unbranched alkanes of at least 4 members (excludes halogenated alkanes) is 1. The molecular formula is C12H17NO. The van der Waals surface area contributed by atoms with Crippen LogP contribution in [-0.4, -0.2) is 19.9 Å². The molecule has 0 aliphatic heterocycles. The molecule has 0 aliphatic rings. The van der Waals surface area contributed by atoms with Crippen LogP contribution in [0.25, 0.3) is 0 Å². The molecule has 0 spiro atoms. The van der Waals surface area contributed by atoms with E-state index < -0.39 is 0 Å². The second-order valence-corrected chi connectivity index (χ2v) is 3.48. The van der Waals surface area contributed by atoms with Gasteiger partial charge >= 0.3 is 0 Å². The third-order valence-corrected chi connectivity index (χ3v) is 2.32. The Morgan fingerprint density at radius 1 is 1.29 bits per heavy atom. The van der Waals surface area contributed by atoms with Crippen molar-refractivity contribution in [2.75, 3.05) is 18.5 Å². The topological polar surface area (TPSA) is 20.3 Å². The van der Waals surface area contributed by atoms with Gasteiger partial charge in [0.2, 0.25) is 0 Å². The van der Waals surface area contributed by atoms with Gasteiger partial charge in [0, 0.05) is 24.8 Å². The maximum atomic E-state index is 10.4. The Balaban J connectivity index is 2.61. The summed E-state index contributed by atoms with van der Waals surface area (Å²) in [7, 11) is 2.07. The minimum atomic E-state index is 0.734. The predicted molar refractivity (Wildman–Crippen MR) is 60.0 cm³/mol. The van der Waals surface area contributed by atoms with E-state index in [0.717, 1.165) is 18.4 Å². The molecule has 0 bridgehead atoms. The highest BCUT2D eigenvalue weighted by Gasteiger charge is 1.99. The normalized spacial score (nSPS) is 9.86. The van der Waals surface area contributed by atoms with Gasteiger partial charge < -0.3 is 4.90 Å². The SMILES string of the molecule is CCCCN(C)c1ccc(C=O)cc1. The van der Waals surface area contributed by atoms with E-state index in [0.29, 0.717) is 0 Å². The van der Waals surface area contributed by atoms with Crippen LogP contribution in [0, 0.1) is 0 Å². The summed E-state index contributed by atoms with van der Waals surface area (Å²) < 4.78 is 0. The van der Waals surface area contributed by atoms with Gasteiger partial charge in [-0.25, -0.2) is 0 Å². The van der Waals surface area contributed by atoms with E-state index in [1.54, 1.807) is 0 Å². The van der Waals surface area contributed by atoms with Crippen LogP contribution in [0.4, 0.5) is 5.69 Å². The second kappa shape index (κ2) is 5.43. The summed E-state index contributed by atoms with van der Waals surface area (Å²) in [6.07, 6.45) is 3.28. The molecule has 0 N–H and O–H groups in total. The average Bonchev–Trinajstić information content (AvgIpc) is 2.26. The highest BCUT2D eigenvalue weighted by atomic mass is 16.1. The molecule has 2 nitrogen and oxygen atoms in total. The van der Waals surface area contributed by atoms with E-state index in [1.807, 2.05) is 24.3 Å². The fourth-order valence-corrected chi connectivity index (χ4v) is 1.33. The van der Waals surface area contributed by atoms with Gasteiger partial charge in [-0.1, -0.05) is 13.3 Å². The lowest BCUT2D eigenvalue weighted by Gasteiger charge is -2.18. The lowest BCUT2D eigenvalue weighted by molar-refractivity contribution is 0.112. The molecule has 0 radical (unpaired) electrons. The number of carbonyl (C=O) groups excluding carboxylic acids is 1. The van der Waals surface area contributed by atoms with Crippen molar-refractivity contribution in [1.29, 1.82) is 0 Å². The minimum absolute atomic E-state index is 0.734. The Morgan fingerprint density at radius 2 is 1.93 bits per heavy atom.